The monoisotopic (exact) mass is 323 g/mol. The molecule has 0 aromatic heterocycles. The summed E-state index contributed by atoms with van der Waals surface area (Å²) in [4.78, 5) is 11.1. The molecule has 0 unspecified atom stereocenters. The number of nitrogen functional groups attached to an aromatic ring is 1. The van der Waals surface area contributed by atoms with E-state index in [0.29, 0.717) is 29.2 Å². The predicted octanol–water partition coefficient (Wildman–Crippen LogP) is 3.71. The van der Waals surface area contributed by atoms with E-state index in [-0.39, 0.29) is 5.56 Å². The van der Waals surface area contributed by atoms with Gasteiger partial charge in [0, 0.05) is 5.39 Å². The number of methoxy groups -OCH3 is 1. The lowest BCUT2D eigenvalue weighted by molar-refractivity contribution is 0.0697. The summed E-state index contributed by atoms with van der Waals surface area (Å²) < 4.78 is 11.2. The maximum Gasteiger partial charge on any atom is 0.335 e. The molecule has 0 spiro atoms. The molecule has 3 aromatic rings. The van der Waals surface area contributed by atoms with Gasteiger partial charge in [0.1, 0.15) is 6.61 Å². The van der Waals surface area contributed by atoms with E-state index in [1.165, 1.54) is 19.2 Å². The van der Waals surface area contributed by atoms with E-state index < -0.39 is 5.97 Å². The van der Waals surface area contributed by atoms with Gasteiger partial charge in [-0.05, 0) is 29.1 Å². The summed E-state index contributed by atoms with van der Waals surface area (Å²) in [7, 11) is 1.51. The number of hydrogen-bond donors (Lipinski definition) is 2. The first-order valence-electron chi connectivity index (χ1n) is 7.40. The van der Waals surface area contributed by atoms with Crippen LogP contribution in [-0.2, 0) is 6.61 Å². The van der Waals surface area contributed by atoms with E-state index in [2.05, 4.69) is 0 Å². The van der Waals surface area contributed by atoms with Gasteiger partial charge in [-0.2, -0.15) is 0 Å². The zero-order valence-electron chi connectivity index (χ0n) is 13.2. The standard InChI is InChI=1S/C19H17NO4/c1-23-18-16(24-11-12-5-3-2-4-6-12)10-13-7-8-14(19(21)22)9-15(13)17(18)20/h2-10H,11,20H2,1H3,(H,21,22). The Balaban J connectivity index is 2.01. The van der Waals surface area contributed by atoms with Crippen LogP contribution in [0.5, 0.6) is 11.5 Å². The highest BCUT2D eigenvalue weighted by Gasteiger charge is 2.15. The highest BCUT2D eigenvalue weighted by molar-refractivity contribution is 6.02. The van der Waals surface area contributed by atoms with Crippen molar-refractivity contribution in [2.75, 3.05) is 12.8 Å². The van der Waals surface area contributed by atoms with E-state index in [1.54, 1.807) is 12.1 Å². The van der Waals surface area contributed by atoms with Crippen molar-refractivity contribution in [3.05, 3.63) is 65.7 Å². The molecule has 0 atom stereocenters. The minimum absolute atomic E-state index is 0.175. The fraction of sp³-hybridized carbons (Fsp3) is 0.105. The van der Waals surface area contributed by atoms with Gasteiger partial charge in [0.2, 0.25) is 0 Å². The SMILES string of the molecule is COc1c(OCc2ccccc2)cc2ccc(C(=O)O)cc2c1N. The van der Waals surface area contributed by atoms with Crippen molar-refractivity contribution >= 4 is 22.4 Å². The maximum atomic E-state index is 11.1. The van der Waals surface area contributed by atoms with Gasteiger partial charge in [-0.25, -0.2) is 4.79 Å². The Bertz CT molecular complexity index is 891. The number of carboxylic acids is 1. The van der Waals surface area contributed by atoms with Gasteiger partial charge in [-0.1, -0.05) is 36.4 Å². The van der Waals surface area contributed by atoms with E-state index in [1.807, 2.05) is 30.3 Å². The summed E-state index contributed by atoms with van der Waals surface area (Å²) in [6, 6.07) is 16.4. The third-order valence-electron chi connectivity index (χ3n) is 3.79. The van der Waals surface area contributed by atoms with Crippen molar-refractivity contribution in [1.29, 1.82) is 0 Å². The van der Waals surface area contributed by atoms with Crippen LogP contribution in [0.25, 0.3) is 10.8 Å². The average molecular weight is 323 g/mol. The first kappa shape index (κ1) is 15.7. The highest BCUT2D eigenvalue weighted by Crippen LogP contribution is 2.40. The zero-order chi connectivity index (χ0) is 17.1. The Morgan fingerprint density at radius 1 is 1.12 bits per heavy atom. The van der Waals surface area contributed by atoms with Gasteiger partial charge >= 0.3 is 5.97 Å². The number of rotatable bonds is 5. The first-order valence-corrected chi connectivity index (χ1v) is 7.40. The molecule has 0 fully saturated rings. The molecule has 0 radical (unpaired) electrons. The van der Waals surface area contributed by atoms with E-state index >= 15 is 0 Å². The van der Waals surface area contributed by atoms with Crippen LogP contribution in [0.1, 0.15) is 15.9 Å². The molecule has 0 aliphatic carbocycles. The fourth-order valence-electron chi connectivity index (χ4n) is 2.56. The van der Waals surface area contributed by atoms with Crippen molar-refractivity contribution in [3.8, 4) is 11.5 Å². The minimum atomic E-state index is -1.00. The normalized spacial score (nSPS) is 10.5. The summed E-state index contributed by atoms with van der Waals surface area (Å²) in [6.07, 6.45) is 0. The summed E-state index contributed by atoms with van der Waals surface area (Å²) in [5.74, 6) is -0.0740. The summed E-state index contributed by atoms with van der Waals surface area (Å²) in [5.41, 5.74) is 7.74. The highest BCUT2D eigenvalue weighted by atomic mass is 16.5. The molecule has 3 rings (SSSR count). The molecule has 3 N–H and O–H groups in total. The molecular weight excluding hydrogens is 306 g/mol. The van der Waals surface area contributed by atoms with Gasteiger partial charge in [0.25, 0.3) is 0 Å². The topological polar surface area (TPSA) is 81.8 Å². The van der Waals surface area contributed by atoms with E-state index in [9.17, 15) is 4.79 Å². The van der Waals surface area contributed by atoms with Gasteiger partial charge in [0.05, 0.1) is 18.4 Å². The quantitative estimate of drug-likeness (QED) is 0.700. The number of benzene rings is 3. The van der Waals surface area contributed by atoms with Crippen LogP contribution in [0.4, 0.5) is 5.69 Å². The molecule has 0 saturated carbocycles. The lowest BCUT2D eigenvalue weighted by Crippen LogP contribution is -2.02. The molecule has 0 heterocycles. The average Bonchev–Trinajstić information content (AvgIpc) is 2.60. The van der Waals surface area contributed by atoms with E-state index in [0.717, 1.165) is 10.9 Å². The summed E-state index contributed by atoms with van der Waals surface area (Å²) in [6.45, 7) is 0.384. The lowest BCUT2D eigenvalue weighted by Gasteiger charge is -2.15. The van der Waals surface area contributed by atoms with Crippen LogP contribution < -0.4 is 15.2 Å². The third kappa shape index (κ3) is 2.96. The van der Waals surface area contributed by atoms with Crippen LogP contribution in [-0.4, -0.2) is 18.2 Å². The Labute approximate surface area is 139 Å². The summed E-state index contributed by atoms with van der Waals surface area (Å²) in [5, 5.41) is 10.5. The molecule has 0 bridgehead atoms. The second-order valence-electron chi connectivity index (χ2n) is 5.34. The molecule has 5 nitrogen and oxygen atoms in total. The Morgan fingerprint density at radius 2 is 1.88 bits per heavy atom. The first-order chi connectivity index (χ1) is 11.6. The Hall–Kier alpha value is -3.21. The zero-order valence-corrected chi connectivity index (χ0v) is 13.2. The van der Waals surface area contributed by atoms with Crippen LogP contribution in [0, 0.1) is 0 Å². The number of carbonyl (C=O) groups is 1. The van der Waals surface area contributed by atoms with Crippen molar-refractivity contribution < 1.29 is 19.4 Å². The second-order valence-corrected chi connectivity index (χ2v) is 5.34. The van der Waals surface area contributed by atoms with Gasteiger partial charge in [-0.15, -0.1) is 0 Å². The second kappa shape index (κ2) is 6.50. The third-order valence-corrected chi connectivity index (χ3v) is 3.79. The van der Waals surface area contributed by atoms with Crippen LogP contribution in [0.3, 0.4) is 0 Å². The van der Waals surface area contributed by atoms with Crippen molar-refractivity contribution in [3.63, 3.8) is 0 Å². The molecule has 24 heavy (non-hydrogen) atoms. The Kier molecular flexibility index (Phi) is 4.24. The predicted molar refractivity (Wildman–Crippen MR) is 92.6 cm³/mol. The van der Waals surface area contributed by atoms with Crippen molar-refractivity contribution in [1.82, 2.24) is 0 Å². The minimum Gasteiger partial charge on any atom is -0.491 e. The smallest absolute Gasteiger partial charge is 0.335 e. The number of aromatic carboxylic acids is 1. The number of hydrogen-bond acceptors (Lipinski definition) is 4. The van der Waals surface area contributed by atoms with Gasteiger partial charge in [-0.3, -0.25) is 0 Å². The molecular formula is C19H17NO4. The van der Waals surface area contributed by atoms with Crippen LogP contribution in [0.2, 0.25) is 0 Å². The number of nitrogens with two attached hydrogens (primary N) is 1. The van der Waals surface area contributed by atoms with E-state index in [4.69, 9.17) is 20.3 Å². The molecule has 0 aliphatic heterocycles. The van der Waals surface area contributed by atoms with Gasteiger partial charge < -0.3 is 20.3 Å². The lowest BCUT2D eigenvalue weighted by atomic mass is 10.0. The molecule has 3 aromatic carbocycles. The molecule has 0 amide bonds. The van der Waals surface area contributed by atoms with Crippen LogP contribution in [0.15, 0.2) is 54.6 Å². The summed E-state index contributed by atoms with van der Waals surface area (Å²) >= 11 is 0. The van der Waals surface area contributed by atoms with Gasteiger partial charge in [0.15, 0.2) is 11.5 Å². The fourth-order valence-corrected chi connectivity index (χ4v) is 2.56. The van der Waals surface area contributed by atoms with Crippen LogP contribution >= 0.6 is 0 Å². The Morgan fingerprint density at radius 3 is 2.54 bits per heavy atom. The molecule has 122 valence electrons. The maximum absolute atomic E-state index is 11.1. The van der Waals surface area contributed by atoms with Crippen molar-refractivity contribution in [2.24, 2.45) is 0 Å². The number of ether oxygens (including phenoxy) is 2. The molecule has 0 aliphatic rings. The number of fused-ring (bicyclic) bond motifs is 1. The largest absolute Gasteiger partial charge is 0.491 e. The number of anilines is 1. The van der Waals surface area contributed by atoms with Crippen molar-refractivity contribution in [2.45, 2.75) is 6.61 Å². The molecule has 5 heteroatoms. The molecule has 0 saturated heterocycles. The number of carboxylic acid groups (broad SMARTS) is 1.